The molecule has 0 spiro atoms. The van der Waals surface area contributed by atoms with E-state index in [1.807, 2.05) is 18.2 Å². The summed E-state index contributed by atoms with van der Waals surface area (Å²) in [5.74, 6) is 1.86. The molecule has 5 heteroatoms. The lowest BCUT2D eigenvalue weighted by atomic mass is 9.96. The number of benzene rings is 1. The average molecular weight is 298 g/mol. The van der Waals surface area contributed by atoms with Crippen LogP contribution in [-0.2, 0) is 6.42 Å². The highest BCUT2D eigenvalue weighted by Crippen LogP contribution is 2.30. The first-order chi connectivity index (χ1) is 10.8. The molecule has 22 heavy (non-hydrogen) atoms. The number of carbonyl (C=O) groups is 1. The summed E-state index contributed by atoms with van der Waals surface area (Å²) < 4.78 is 11.0. The van der Waals surface area contributed by atoms with Crippen molar-refractivity contribution < 1.29 is 14.3 Å². The Balaban J connectivity index is 1.58. The fourth-order valence-corrected chi connectivity index (χ4v) is 2.52. The number of nitrogens with zero attached hydrogens (tertiary/aromatic N) is 1. The van der Waals surface area contributed by atoms with Crippen LogP contribution in [-0.4, -0.2) is 31.2 Å². The summed E-state index contributed by atoms with van der Waals surface area (Å²) in [7, 11) is 1.64. The summed E-state index contributed by atoms with van der Waals surface area (Å²) in [4.78, 5) is 15.9. The van der Waals surface area contributed by atoms with Crippen molar-refractivity contribution in [1.29, 1.82) is 0 Å². The molecule has 1 aliphatic rings. The van der Waals surface area contributed by atoms with E-state index in [4.69, 9.17) is 9.47 Å². The zero-order valence-electron chi connectivity index (χ0n) is 12.4. The van der Waals surface area contributed by atoms with Crippen molar-refractivity contribution in [2.45, 2.75) is 6.42 Å². The lowest BCUT2D eigenvalue weighted by Gasteiger charge is -2.25. The number of hydrogen-bond donors (Lipinski definition) is 1. The molecule has 1 aliphatic heterocycles. The fraction of sp³-hybridized carbons (Fsp3) is 0.294. The Morgan fingerprint density at radius 3 is 2.95 bits per heavy atom. The summed E-state index contributed by atoms with van der Waals surface area (Å²) in [6, 6.07) is 9.26. The van der Waals surface area contributed by atoms with E-state index in [1.54, 1.807) is 31.6 Å². The first kappa shape index (κ1) is 14.4. The van der Waals surface area contributed by atoms with E-state index in [-0.39, 0.29) is 11.8 Å². The Labute approximate surface area is 129 Å². The minimum absolute atomic E-state index is 0.0806. The van der Waals surface area contributed by atoms with E-state index in [0.717, 1.165) is 23.5 Å². The number of hydrogen-bond acceptors (Lipinski definition) is 4. The van der Waals surface area contributed by atoms with Gasteiger partial charge in [-0.25, -0.2) is 0 Å². The van der Waals surface area contributed by atoms with E-state index in [0.29, 0.717) is 18.7 Å². The second-order valence-corrected chi connectivity index (χ2v) is 5.30. The summed E-state index contributed by atoms with van der Waals surface area (Å²) in [6.45, 7) is 1.18. The number of rotatable bonds is 4. The van der Waals surface area contributed by atoms with Gasteiger partial charge in [0, 0.05) is 36.5 Å². The number of nitrogens with one attached hydrogen (secondary N) is 1. The molecule has 0 saturated heterocycles. The van der Waals surface area contributed by atoms with Gasteiger partial charge >= 0.3 is 0 Å². The van der Waals surface area contributed by atoms with Gasteiger partial charge in [0.25, 0.3) is 5.91 Å². The van der Waals surface area contributed by atoms with Crippen molar-refractivity contribution in [3.63, 3.8) is 0 Å². The molecule has 5 nitrogen and oxygen atoms in total. The molecule has 0 bridgehead atoms. The summed E-state index contributed by atoms with van der Waals surface area (Å²) in [6.07, 6.45) is 4.11. The van der Waals surface area contributed by atoms with Crippen molar-refractivity contribution in [2.75, 3.05) is 20.3 Å². The van der Waals surface area contributed by atoms with Crippen LogP contribution in [0.2, 0.25) is 0 Å². The maximum Gasteiger partial charge on any atom is 0.251 e. The standard InChI is InChI=1S/C17H18N2O3/c1-21-15-3-2-14-8-12(11-22-16(14)9-15)10-19-17(20)13-4-6-18-7-5-13/h2-7,9,12H,8,10-11H2,1H3,(H,19,20)/t12-/m1/s1. The highest BCUT2D eigenvalue weighted by Gasteiger charge is 2.21. The number of amides is 1. The first-order valence-corrected chi connectivity index (χ1v) is 7.24. The van der Waals surface area contributed by atoms with Crippen LogP contribution in [0.15, 0.2) is 42.7 Å². The van der Waals surface area contributed by atoms with Crippen LogP contribution >= 0.6 is 0 Å². The van der Waals surface area contributed by atoms with Gasteiger partial charge < -0.3 is 14.8 Å². The van der Waals surface area contributed by atoms with Crippen LogP contribution < -0.4 is 14.8 Å². The predicted molar refractivity (Wildman–Crippen MR) is 82.3 cm³/mol. The lowest BCUT2D eigenvalue weighted by Crippen LogP contribution is -2.34. The van der Waals surface area contributed by atoms with E-state index in [1.165, 1.54) is 0 Å². The normalized spacial score (nSPS) is 16.3. The van der Waals surface area contributed by atoms with Gasteiger partial charge in [-0.1, -0.05) is 6.07 Å². The van der Waals surface area contributed by atoms with Gasteiger partial charge in [-0.3, -0.25) is 9.78 Å². The number of pyridine rings is 1. The Kier molecular flexibility index (Phi) is 4.23. The lowest BCUT2D eigenvalue weighted by molar-refractivity contribution is 0.0939. The van der Waals surface area contributed by atoms with Crippen molar-refractivity contribution in [3.8, 4) is 11.5 Å². The highest BCUT2D eigenvalue weighted by atomic mass is 16.5. The van der Waals surface area contributed by atoms with Crippen molar-refractivity contribution in [2.24, 2.45) is 5.92 Å². The largest absolute Gasteiger partial charge is 0.497 e. The van der Waals surface area contributed by atoms with E-state index >= 15 is 0 Å². The second-order valence-electron chi connectivity index (χ2n) is 5.30. The second kappa shape index (κ2) is 6.47. The van der Waals surface area contributed by atoms with Crippen LogP contribution in [0.1, 0.15) is 15.9 Å². The molecule has 114 valence electrons. The SMILES string of the molecule is COc1ccc2c(c1)OC[C@@H](CNC(=O)c1ccncc1)C2. The fourth-order valence-electron chi connectivity index (χ4n) is 2.52. The molecule has 1 atom stereocenters. The number of carbonyl (C=O) groups excluding carboxylic acids is 1. The Morgan fingerprint density at radius 2 is 2.18 bits per heavy atom. The Morgan fingerprint density at radius 1 is 1.36 bits per heavy atom. The molecule has 3 rings (SSSR count). The maximum atomic E-state index is 12.0. The van der Waals surface area contributed by atoms with Gasteiger partial charge in [-0.15, -0.1) is 0 Å². The summed E-state index contributed by atoms with van der Waals surface area (Å²) in [5.41, 5.74) is 1.77. The molecular weight excluding hydrogens is 280 g/mol. The molecular formula is C17H18N2O3. The third kappa shape index (κ3) is 3.19. The van der Waals surface area contributed by atoms with E-state index in [2.05, 4.69) is 10.3 Å². The minimum atomic E-state index is -0.0806. The third-order valence-electron chi connectivity index (χ3n) is 3.75. The zero-order valence-corrected chi connectivity index (χ0v) is 12.4. The van der Waals surface area contributed by atoms with Crippen LogP contribution in [0.3, 0.4) is 0 Å². The number of fused-ring (bicyclic) bond motifs is 1. The molecule has 0 saturated carbocycles. The van der Waals surface area contributed by atoms with Gasteiger partial charge in [0.2, 0.25) is 0 Å². The van der Waals surface area contributed by atoms with Gasteiger partial charge in [-0.05, 0) is 30.2 Å². The number of aromatic nitrogens is 1. The summed E-state index contributed by atoms with van der Waals surface area (Å²) in [5, 5.41) is 2.95. The molecule has 1 N–H and O–H groups in total. The Hall–Kier alpha value is -2.56. The predicted octanol–water partition coefficient (Wildman–Crippen LogP) is 2.07. The zero-order chi connectivity index (χ0) is 15.4. The van der Waals surface area contributed by atoms with Crippen molar-refractivity contribution >= 4 is 5.91 Å². The number of ether oxygens (including phenoxy) is 2. The molecule has 2 aromatic rings. The molecule has 1 amide bonds. The first-order valence-electron chi connectivity index (χ1n) is 7.24. The monoisotopic (exact) mass is 298 g/mol. The molecule has 0 aliphatic carbocycles. The molecule has 1 aromatic carbocycles. The number of methoxy groups -OCH3 is 1. The third-order valence-corrected chi connectivity index (χ3v) is 3.75. The van der Waals surface area contributed by atoms with Gasteiger partial charge in [0.1, 0.15) is 11.5 Å². The van der Waals surface area contributed by atoms with Crippen molar-refractivity contribution in [1.82, 2.24) is 10.3 Å². The molecule has 0 radical (unpaired) electrons. The quantitative estimate of drug-likeness (QED) is 0.938. The van der Waals surface area contributed by atoms with Crippen LogP contribution in [0.4, 0.5) is 0 Å². The average Bonchev–Trinajstić information content (AvgIpc) is 2.59. The smallest absolute Gasteiger partial charge is 0.251 e. The summed E-state index contributed by atoms with van der Waals surface area (Å²) >= 11 is 0. The van der Waals surface area contributed by atoms with Crippen LogP contribution in [0, 0.1) is 5.92 Å². The van der Waals surface area contributed by atoms with Crippen LogP contribution in [0.5, 0.6) is 11.5 Å². The minimum Gasteiger partial charge on any atom is -0.497 e. The van der Waals surface area contributed by atoms with E-state index in [9.17, 15) is 4.79 Å². The Bertz CT molecular complexity index is 658. The van der Waals surface area contributed by atoms with Gasteiger partial charge in [0.15, 0.2) is 0 Å². The van der Waals surface area contributed by atoms with Crippen molar-refractivity contribution in [3.05, 3.63) is 53.9 Å². The molecule has 0 fully saturated rings. The topological polar surface area (TPSA) is 60.5 Å². The van der Waals surface area contributed by atoms with Gasteiger partial charge in [0.05, 0.1) is 13.7 Å². The van der Waals surface area contributed by atoms with E-state index < -0.39 is 0 Å². The molecule has 2 heterocycles. The van der Waals surface area contributed by atoms with Gasteiger partial charge in [-0.2, -0.15) is 0 Å². The molecule has 0 unspecified atom stereocenters. The maximum absolute atomic E-state index is 12.0. The highest BCUT2D eigenvalue weighted by molar-refractivity contribution is 5.93. The van der Waals surface area contributed by atoms with Crippen LogP contribution in [0.25, 0.3) is 0 Å². The molecule has 1 aromatic heterocycles.